The summed E-state index contributed by atoms with van der Waals surface area (Å²) in [5, 5.41) is 0. The zero-order valence-corrected chi connectivity index (χ0v) is 5.73. The number of hydrogen-bond donors (Lipinski definition) is 0. The molecular formula is C5H9O2P. The molecule has 1 unspecified atom stereocenters. The van der Waals surface area contributed by atoms with Crippen LogP contribution in [0.4, 0.5) is 0 Å². The van der Waals surface area contributed by atoms with Crippen molar-refractivity contribution in [3.8, 4) is 0 Å². The Morgan fingerprint density at radius 1 is 1.62 bits per heavy atom. The van der Waals surface area contributed by atoms with Crippen LogP contribution in [0.3, 0.4) is 0 Å². The molecule has 0 aliphatic carbocycles. The summed E-state index contributed by atoms with van der Waals surface area (Å²) >= 11 is 0. The quantitative estimate of drug-likeness (QED) is 0.434. The zero-order valence-electron chi connectivity index (χ0n) is 4.83. The molecule has 3 heteroatoms. The lowest BCUT2D eigenvalue weighted by Crippen LogP contribution is -1.71. The second kappa shape index (κ2) is 2.73. The molecule has 0 aromatic carbocycles. The van der Waals surface area contributed by atoms with Gasteiger partial charge in [-0.2, -0.15) is 0 Å². The molecule has 0 aliphatic rings. The molecule has 0 aromatic rings. The molecule has 0 saturated heterocycles. The second-order valence-electron chi connectivity index (χ2n) is 1.36. The summed E-state index contributed by atoms with van der Waals surface area (Å²) in [7, 11) is -2.53. The summed E-state index contributed by atoms with van der Waals surface area (Å²) in [6.07, 6.45) is 1.16. The minimum atomic E-state index is -2.53. The molecular weight excluding hydrogens is 123 g/mol. The Morgan fingerprint density at radius 2 is 2.12 bits per heavy atom. The molecule has 0 rings (SSSR count). The van der Waals surface area contributed by atoms with Crippen LogP contribution in [0.2, 0.25) is 0 Å². The fourth-order valence-corrected chi connectivity index (χ4v) is 0.573. The molecule has 46 valence electrons. The van der Waals surface area contributed by atoms with Gasteiger partial charge in [0.1, 0.15) is 0 Å². The molecule has 0 aromatic heterocycles. The molecule has 0 spiro atoms. The first-order chi connectivity index (χ1) is 3.62. The van der Waals surface area contributed by atoms with Crippen molar-refractivity contribution >= 4 is 7.37 Å². The molecule has 0 amide bonds. The highest BCUT2D eigenvalue weighted by atomic mass is 31.2. The van der Waals surface area contributed by atoms with E-state index in [2.05, 4.69) is 17.7 Å². The maximum Gasteiger partial charge on any atom is 0.266 e. The van der Waals surface area contributed by atoms with Crippen LogP contribution >= 0.6 is 7.37 Å². The highest BCUT2D eigenvalue weighted by molar-refractivity contribution is 7.61. The molecule has 0 heterocycles. The highest BCUT2D eigenvalue weighted by Gasteiger charge is 2.05. The van der Waals surface area contributed by atoms with Crippen molar-refractivity contribution in [2.75, 3.05) is 6.66 Å². The first-order valence-corrected chi connectivity index (χ1v) is 4.26. The molecule has 0 aliphatic heterocycles. The normalized spacial score (nSPS) is 16.1. The van der Waals surface area contributed by atoms with Crippen molar-refractivity contribution in [1.29, 1.82) is 0 Å². The monoisotopic (exact) mass is 132 g/mol. The van der Waals surface area contributed by atoms with Crippen LogP contribution in [-0.4, -0.2) is 6.66 Å². The van der Waals surface area contributed by atoms with Crippen LogP contribution in [0, 0.1) is 0 Å². The zero-order chi connectivity index (χ0) is 6.62. The number of hydrogen-bond acceptors (Lipinski definition) is 2. The summed E-state index contributed by atoms with van der Waals surface area (Å²) in [5.41, 5.74) is 0. The van der Waals surface area contributed by atoms with E-state index in [0.29, 0.717) is 0 Å². The van der Waals surface area contributed by atoms with E-state index >= 15 is 0 Å². The van der Waals surface area contributed by atoms with E-state index in [9.17, 15) is 4.57 Å². The largest absolute Gasteiger partial charge is 0.449 e. The van der Waals surface area contributed by atoms with Gasteiger partial charge in [-0.1, -0.05) is 13.2 Å². The minimum absolute atomic E-state index is 1.16. The fourth-order valence-electron chi connectivity index (χ4n) is 0.191. The number of rotatable bonds is 3. The lowest BCUT2D eigenvalue weighted by Gasteiger charge is -2.03. The smallest absolute Gasteiger partial charge is 0.266 e. The first-order valence-electron chi connectivity index (χ1n) is 2.12. The summed E-state index contributed by atoms with van der Waals surface area (Å²) in [4.78, 5) is 0. The van der Waals surface area contributed by atoms with E-state index in [-0.39, 0.29) is 0 Å². The molecule has 0 N–H and O–H groups in total. The van der Waals surface area contributed by atoms with Crippen LogP contribution in [0.5, 0.6) is 0 Å². The lowest BCUT2D eigenvalue weighted by molar-refractivity contribution is 0.457. The van der Waals surface area contributed by atoms with Gasteiger partial charge in [0.05, 0.1) is 6.26 Å². The highest BCUT2D eigenvalue weighted by Crippen LogP contribution is 2.43. The predicted molar refractivity (Wildman–Crippen MR) is 35.0 cm³/mol. The third-order valence-electron chi connectivity index (χ3n) is 0.615. The molecule has 0 fully saturated rings. The average Bonchev–Trinajstić information content (AvgIpc) is 1.67. The topological polar surface area (TPSA) is 26.3 Å². The van der Waals surface area contributed by atoms with Gasteiger partial charge in [0.25, 0.3) is 7.37 Å². The molecule has 1 atom stereocenters. The minimum Gasteiger partial charge on any atom is -0.449 e. The molecule has 0 radical (unpaired) electrons. The molecule has 2 nitrogen and oxygen atoms in total. The van der Waals surface area contributed by atoms with E-state index in [0.717, 1.165) is 6.26 Å². The van der Waals surface area contributed by atoms with Gasteiger partial charge in [0.15, 0.2) is 0 Å². The van der Waals surface area contributed by atoms with E-state index in [1.165, 1.54) is 12.5 Å². The third-order valence-corrected chi connectivity index (χ3v) is 1.85. The lowest BCUT2D eigenvalue weighted by atomic mass is 11.2. The maximum absolute atomic E-state index is 10.8. The van der Waals surface area contributed by atoms with Gasteiger partial charge in [-0.05, 0) is 0 Å². The first kappa shape index (κ1) is 7.51. The Labute approximate surface area is 49.3 Å². The Balaban J connectivity index is 3.91. The van der Waals surface area contributed by atoms with Crippen LogP contribution in [0.25, 0.3) is 0 Å². The fraction of sp³-hybridized carbons (Fsp3) is 0.200. The van der Waals surface area contributed by atoms with Gasteiger partial charge in [-0.25, -0.2) is 0 Å². The van der Waals surface area contributed by atoms with Crippen molar-refractivity contribution in [3.05, 3.63) is 25.2 Å². The molecule has 8 heavy (non-hydrogen) atoms. The Kier molecular flexibility index (Phi) is 2.56. The van der Waals surface area contributed by atoms with Gasteiger partial charge in [0, 0.05) is 12.5 Å². The van der Waals surface area contributed by atoms with Gasteiger partial charge >= 0.3 is 0 Å². The Hall–Kier alpha value is -0.490. The van der Waals surface area contributed by atoms with E-state index in [1.54, 1.807) is 0 Å². The van der Waals surface area contributed by atoms with Crippen molar-refractivity contribution in [2.24, 2.45) is 0 Å². The van der Waals surface area contributed by atoms with Gasteiger partial charge in [-0.15, -0.1) is 0 Å². The second-order valence-corrected chi connectivity index (χ2v) is 3.76. The third kappa shape index (κ3) is 2.64. The Bertz CT molecular complexity index is 139. The Morgan fingerprint density at radius 3 is 2.25 bits per heavy atom. The van der Waals surface area contributed by atoms with Gasteiger partial charge < -0.3 is 4.52 Å². The maximum atomic E-state index is 10.8. The average molecular weight is 132 g/mol. The van der Waals surface area contributed by atoms with Crippen LogP contribution in [-0.2, 0) is 9.09 Å². The van der Waals surface area contributed by atoms with E-state index in [4.69, 9.17) is 0 Å². The van der Waals surface area contributed by atoms with Crippen LogP contribution in [0.15, 0.2) is 25.2 Å². The van der Waals surface area contributed by atoms with E-state index in [1.807, 2.05) is 0 Å². The summed E-state index contributed by atoms with van der Waals surface area (Å²) < 4.78 is 15.4. The summed E-state index contributed by atoms with van der Waals surface area (Å²) in [6, 6.07) is 0. The van der Waals surface area contributed by atoms with Crippen LogP contribution < -0.4 is 0 Å². The van der Waals surface area contributed by atoms with Gasteiger partial charge in [-0.3, -0.25) is 4.57 Å². The summed E-state index contributed by atoms with van der Waals surface area (Å²) in [5.74, 6) is 1.29. The summed E-state index contributed by atoms with van der Waals surface area (Å²) in [6.45, 7) is 8.04. The molecule has 0 bridgehead atoms. The predicted octanol–water partition coefficient (Wildman–Crippen LogP) is 2.20. The SMILES string of the molecule is C=COP(C)(=O)C=C. The van der Waals surface area contributed by atoms with Crippen molar-refractivity contribution in [1.82, 2.24) is 0 Å². The van der Waals surface area contributed by atoms with Crippen molar-refractivity contribution < 1.29 is 9.09 Å². The molecule has 0 saturated carbocycles. The van der Waals surface area contributed by atoms with E-state index < -0.39 is 7.37 Å². The van der Waals surface area contributed by atoms with Crippen molar-refractivity contribution in [2.45, 2.75) is 0 Å². The van der Waals surface area contributed by atoms with Crippen molar-refractivity contribution in [3.63, 3.8) is 0 Å². The van der Waals surface area contributed by atoms with Crippen LogP contribution in [0.1, 0.15) is 0 Å². The standard InChI is InChI=1S/C5H9O2P/c1-4-7-8(3,6)5-2/h4-5H,1-2H2,3H3. The van der Waals surface area contributed by atoms with Gasteiger partial charge in [0.2, 0.25) is 0 Å².